The number of aromatic nitrogens is 1. The number of hydrogen-bond donors (Lipinski definition) is 0. The Morgan fingerprint density at radius 3 is 2.52 bits per heavy atom. The summed E-state index contributed by atoms with van der Waals surface area (Å²) >= 11 is 0. The van der Waals surface area contributed by atoms with E-state index in [2.05, 4.69) is 42.2 Å². The Morgan fingerprint density at radius 1 is 1.12 bits per heavy atom. The smallest absolute Gasteiger partial charge is 0.216 e. The number of methoxy groups -OCH3 is 1. The summed E-state index contributed by atoms with van der Waals surface area (Å²) in [5.74, 6) is 0.661. The predicted molar refractivity (Wildman–Crippen MR) is 101 cm³/mol. The molecule has 3 heteroatoms. The lowest BCUT2D eigenvalue weighted by atomic mass is 9.78. The largest absolute Gasteiger partial charge is 0.481 e. The zero-order valence-corrected chi connectivity index (χ0v) is 14.9. The van der Waals surface area contributed by atoms with Crippen LogP contribution in [0.1, 0.15) is 30.5 Å². The Balaban J connectivity index is 2.06. The molecule has 0 amide bonds. The Bertz CT molecular complexity index is 928. The van der Waals surface area contributed by atoms with E-state index in [0.717, 1.165) is 34.0 Å². The zero-order valence-electron chi connectivity index (χ0n) is 14.9. The molecule has 0 fully saturated rings. The third-order valence-corrected chi connectivity index (χ3v) is 4.72. The fourth-order valence-electron chi connectivity index (χ4n) is 3.18. The number of benzene rings is 2. The maximum atomic E-state index is 9.86. The molecular formula is C22H22N2O. The van der Waals surface area contributed by atoms with E-state index in [4.69, 9.17) is 4.74 Å². The average molecular weight is 330 g/mol. The van der Waals surface area contributed by atoms with Gasteiger partial charge in [-0.2, -0.15) is 5.26 Å². The van der Waals surface area contributed by atoms with Gasteiger partial charge in [0, 0.05) is 10.9 Å². The summed E-state index contributed by atoms with van der Waals surface area (Å²) in [5, 5.41) is 10.9. The van der Waals surface area contributed by atoms with Crippen molar-refractivity contribution in [3.8, 4) is 11.9 Å². The first-order valence-electron chi connectivity index (χ1n) is 8.53. The number of pyridine rings is 1. The van der Waals surface area contributed by atoms with Crippen LogP contribution in [0.4, 0.5) is 0 Å². The monoisotopic (exact) mass is 330 g/mol. The minimum atomic E-state index is -0.603. The highest BCUT2D eigenvalue weighted by Crippen LogP contribution is 2.31. The molecule has 1 unspecified atom stereocenters. The van der Waals surface area contributed by atoms with Gasteiger partial charge in [0.15, 0.2) is 0 Å². The highest BCUT2D eigenvalue weighted by molar-refractivity contribution is 5.81. The van der Waals surface area contributed by atoms with Gasteiger partial charge >= 0.3 is 0 Å². The van der Waals surface area contributed by atoms with Gasteiger partial charge in [0.2, 0.25) is 5.88 Å². The van der Waals surface area contributed by atoms with Crippen LogP contribution < -0.4 is 4.74 Å². The lowest BCUT2D eigenvalue weighted by molar-refractivity contribution is 0.395. The van der Waals surface area contributed by atoms with E-state index in [1.807, 2.05) is 37.3 Å². The van der Waals surface area contributed by atoms with Crippen molar-refractivity contribution in [1.29, 1.82) is 5.26 Å². The maximum absolute atomic E-state index is 9.86. The van der Waals surface area contributed by atoms with E-state index in [9.17, 15) is 5.26 Å². The number of nitrogens with zero attached hydrogens (tertiary/aromatic N) is 2. The number of aryl methyl sites for hydroxylation is 1. The minimum absolute atomic E-state index is 0.603. The van der Waals surface area contributed by atoms with Gasteiger partial charge < -0.3 is 4.74 Å². The molecule has 0 N–H and O–H groups in total. The first kappa shape index (κ1) is 17.0. The average Bonchev–Trinajstić information content (AvgIpc) is 2.67. The molecule has 0 radical (unpaired) electrons. The molecule has 0 saturated heterocycles. The molecule has 126 valence electrons. The molecule has 0 aliphatic rings. The zero-order chi connectivity index (χ0) is 17.9. The number of rotatable bonds is 5. The molecule has 0 bridgehead atoms. The van der Waals surface area contributed by atoms with Crippen molar-refractivity contribution in [3.63, 3.8) is 0 Å². The van der Waals surface area contributed by atoms with Crippen LogP contribution in [0.15, 0.2) is 54.6 Å². The molecule has 0 aliphatic carbocycles. The van der Waals surface area contributed by atoms with E-state index < -0.39 is 5.41 Å². The number of hydrogen-bond acceptors (Lipinski definition) is 3. The van der Waals surface area contributed by atoms with Gasteiger partial charge in [0.25, 0.3) is 0 Å². The molecule has 3 rings (SSSR count). The molecule has 2 aromatic carbocycles. The summed E-state index contributed by atoms with van der Waals surface area (Å²) in [6.45, 7) is 4.07. The molecule has 25 heavy (non-hydrogen) atoms. The summed E-state index contributed by atoms with van der Waals surface area (Å²) < 4.78 is 5.42. The summed E-state index contributed by atoms with van der Waals surface area (Å²) in [6.07, 6.45) is 1.54. The predicted octanol–water partition coefficient (Wildman–Crippen LogP) is 4.83. The summed E-state index contributed by atoms with van der Waals surface area (Å²) in [7, 11) is 1.64. The van der Waals surface area contributed by atoms with E-state index in [1.54, 1.807) is 7.11 Å². The summed E-state index contributed by atoms with van der Waals surface area (Å²) in [6, 6.07) is 20.9. The van der Waals surface area contributed by atoms with Crippen LogP contribution >= 0.6 is 0 Å². The van der Waals surface area contributed by atoms with E-state index in [1.165, 1.54) is 0 Å². The van der Waals surface area contributed by atoms with E-state index in [-0.39, 0.29) is 0 Å². The topological polar surface area (TPSA) is 45.9 Å². The van der Waals surface area contributed by atoms with Crippen LogP contribution in [0.3, 0.4) is 0 Å². The van der Waals surface area contributed by atoms with Crippen LogP contribution in [-0.2, 0) is 18.3 Å². The van der Waals surface area contributed by atoms with E-state index in [0.29, 0.717) is 12.3 Å². The Hall–Kier alpha value is -2.86. The van der Waals surface area contributed by atoms with Crippen molar-refractivity contribution in [2.24, 2.45) is 0 Å². The molecule has 0 saturated carbocycles. The second kappa shape index (κ2) is 6.94. The fourth-order valence-corrected chi connectivity index (χ4v) is 3.18. The molecule has 3 nitrogen and oxygen atoms in total. The van der Waals surface area contributed by atoms with Gasteiger partial charge in [-0.1, -0.05) is 49.4 Å². The van der Waals surface area contributed by atoms with Gasteiger partial charge in [-0.25, -0.2) is 4.98 Å². The fraction of sp³-hybridized carbons (Fsp3) is 0.273. The number of ether oxygens (including phenoxy) is 1. The lowest BCUT2D eigenvalue weighted by Crippen LogP contribution is -2.22. The van der Waals surface area contributed by atoms with E-state index >= 15 is 0 Å². The molecule has 3 aromatic rings. The maximum Gasteiger partial charge on any atom is 0.216 e. The first-order chi connectivity index (χ1) is 12.1. The van der Waals surface area contributed by atoms with Gasteiger partial charge in [0.05, 0.1) is 24.1 Å². The van der Waals surface area contributed by atoms with Crippen molar-refractivity contribution in [1.82, 2.24) is 4.98 Å². The molecular weight excluding hydrogens is 308 g/mol. The van der Waals surface area contributed by atoms with Crippen molar-refractivity contribution < 1.29 is 4.74 Å². The van der Waals surface area contributed by atoms with Crippen molar-refractivity contribution in [3.05, 3.63) is 71.3 Å². The molecule has 0 aliphatic heterocycles. The van der Waals surface area contributed by atoms with Crippen molar-refractivity contribution in [2.75, 3.05) is 7.11 Å². The Labute approximate surface area is 148 Å². The summed E-state index contributed by atoms with van der Waals surface area (Å²) in [4.78, 5) is 4.65. The van der Waals surface area contributed by atoms with Crippen molar-refractivity contribution in [2.45, 2.75) is 32.1 Å². The second-order valence-corrected chi connectivity index (χ2v) is 6.52. The minimum Gasteiger partial charge on any atom is -0.481 e. The van der Waals surface area contributed by atoms with Gasteiger partial charge in [-0.05, 0) is 43.0 Å². The van der Waals surface area contributed by atoms with Crippen LogP contribution in [0.25, 0.3) is 10.9 Å². The highest BCUT2D eigenvalue weighted by atomic mass is 16.5. The lowest BCUT2D eigenvalue weighted by Gasteiger charge is -2.23. The van der Waals surface area contributed by atoms with Gasteiger partial charge in [0.1, 0.15) is 0 Å². The second-order valence-electron chi connectivity index (χ2n) is 6.52. The standard InChI is InChI=1S/C22H22N2O/c1-4-17-12-18-10-11-19(13-20(18)24-21(17)25-3)22(2,15-23)14-16-8-6-5-7-9-16/h5-13H,4,14H2,1-3H3. The Kier molecular flexibility index (Phi) is 4.72. The quantitative estimate of drug-likeness (QED) is 0.673. The van der Waals surface area contributed by atoms with Crippen LogP contribution in [0.5, 0.6) is 5.88 Å². The van der Waals surface area contributed by atoms with Gasteiger partial charge in [-0.15, -0.1) is 0 Å². The summed E-state index contributed by atoms with van der Waals surface area (Å²) in [5.41, 5.74) is 3.48. The van der Waals surface area contributed by atoms with Crippen LogP contribution in [-0.4, -0.2) is 12.1 Å². The third kappa shape index (κ3) is 3.34. The molecule has 0 spiro atoms. The highest BCUT2D eigenvalue weighted by Gasteiger charge is 2.27. The first-order valence-corrected chi connectivity index (χ1v) is 8.53. The number of nitriles is 1. The molecule has 1 atom stereocenters. The van der Waals surface area contributed by atoms with Crippen LogP contribution in [0.2, 0.25) is 0 Å². The molecule has 1 heterocycles. The van der Waals surface area contributed by atoms with Gasteiger partial charge in [-0.3, -0.25) is 0 Å². The normalized spacial score (nSPS) is 13.2. The Morgan fingerprint density at radius 2 is 1.88 bits per heavy atom. The number of fused-ring (bicyclic) bond motifs is 1. The van der Waals surface area contributed by atoms with Crippen molar-refractivity contribution >= 4 is 10.9 Å². The molecule has 1 aromatic heterocycles. The SMILES string of the molecule is CCc1cc2ccc(C(C)(C#N)Cc3ccccc3)cc2nc1OC. The van der Waals surface area contributed by atoms with Crippen LogP contribution in [0, 0.1) is 11.3 Å². The third-order valence-electron chi connectivity index (χ3n) is 4.72.